The van der Waals surface area contributed by atoms with E-state index in [0.29, 0.717) is 0 Å². The van der Waals surface area contributed by atoms with Gasteiger partial charge in [-0.25, -0.2) is 0 Å². The summed E-state index contributed by atoms with van der Waals surface area (Å²) >= 11 is 0. The fraction of sp³-hybridized carbons (Fsp3) is 0.0847. The summed E-state index contributed by atoms with van der Waals surface area (Å²) in [4.78, 5) is 0. The van der Waals surface area contributed by atoms with Crippen molar-refractivity contribution in [3.05, 3.63) is 239 Å². The zero-order valence-corrected chi connectivity index (χ0v) is 34.6. The normalized spacial score (nSPS) is 14.9. The number of benzene rings is 9. The summed E-state index contributed by atoms with van der Waals surface area (Å²) in [5, 5.41) is 9.05. The van der Waals surface area contributed by atoms with Gasteiger partial charge in [0.05, 0.1) is 33.2 Å². The lowest BCUT2D eigenvalue weighted by atomic mass is 9.61. The minimum absolute atomic E-state index is 0.593. The number of fused-ring (bicyclic) bond motifs is 14. The second-order valence-corrected chi connectivity index (χ2v) is 17.3. The van der Waals surface area contributed by atoms with E-state index in [9.17, 15) is 0 Å². The van der Waals surface area contributed by atoms with Crippen LogP contribution >= 0.6 is 0 Å². The Morgan fingerprint density at radius 1 is 0.435 bits per heavy atom. The van der Waals surface area contributed by atoms with E-state index < -0.39 is 5.41 Å². The predicted molar refractivity (Wildman–Crippen MR) is 259 cm³/mol. The molecule has 13 rings (SSSR count). The van der Waals surface area contributed by atoms with Crippen LogP contribution in [-0.2, 0) is 18.3 Å². The summed E-state index contributed by atoms with van der Waals surface area (Å²) < 4.78 is 5.06. The van der Waals surface area contributed by atoms with E-state index in [-0.39, 0.29) is 0 Å². The van der Waals surface area contributed by atoms with Crippen molar-refractivity contribution in [1.82, 2.24) is 9.13 Å². The molecule has 1 unspecified atom stereocenters. The van der Waals surface area contributed by atoms with E-state index in [1.165, 1.54) is 105 Å². The smallest absolute Gasteiger partial charge is 0.0783 e. The number of anilines is 2. The Kier molecular flexibility index (Phi) is 7.62. The Labute approximate surface area is 361 Å². The van der Waals surface area contributed by atoms with Gasteiger partial charge in [-0.05, 0) is 125 Å². The summed E-state index contributed by atoms with van der Waals surface area (Å²) in [6, 6.07) is 74.9. The third-order valence-corrected chi connectivity index (χ3v) is 14.0. The maximum absolute atomic E-state index is 3.99. The fourth-order valence-electron chi connectivity index (χ4n) is 11.4. The molecule has 2 aromatic heterocycles. The van der Waals surface area contributed by atoms with Crippen LogP contribution in [0.2, 0.25) is 0 Å². The van der Waals surface area contributed by atoms with Crippen LogP contribution in [0.3, 0.4) is 0 Å². The van der Waals surface area contributed by atoms with E-state index in [4.69, 9.17) is 0 Å². The van der Waals surface area contributed by atoms with E-state index >= 15 is 0 Å². The maximum atomic E-state index is 3.99. The summed E-state index contributed by atoms with van der Waals surface area (Å²) in [6.07, 6.45) is 3.10. The zero-order valence-electron chi connectivity index (χ0n) is 34.6. The standard InChI is InChI=1S/C59H43N3/c1-38-17-5-6-22-42(38)43-34-33-41(35-40(43)21-15-20-39-18-3-2-4-19-39)61-54-30-12-8-24-45(54)47-36-53-51(37-57(47)61)59(48-26-9-11-29-52(48)60-53)49-27-10-14-32-56(49)62-55-31-13-7-23-44(55)46-25-16-28-50(59)58(46)62/h2-14,16-19,22-37,60H,15,20-21H2,1H3. The van der Waals surface area contributed by atoms with Crippen molar-refractivity contribution in [2.24, 2.45) is 0 Å². The Hall–Kier alpha value is -7.62. The SMILES string of the molecule is Cc1ccccc1-c1ccc(-n2c3ccccc3c3cc4c(cc32)C2(c3ccccc3N4)c3ccccc3-n3c4ccccc4c4cccc2c43)cc1CCCc1ccccc1. The highest BCUT2D eigenvalue weighted by Gasteiger charge is 2.49. The fourth-order valence-corrected chi connectivity index (χ4v) is 11.4. The molecule has 0 saturated carbocycles. The van der Waals surface area contributed by atoms with E-state index in [2.05, 4.69) is 222 Å². The molecule has 4 heterocycles. The largest absolute Gasteiger partial charge is 0.355 e. The van der Waals surface area contributed by atoms with Gasteiger partial charge in [-0.1, -0.05) is 152 Å². The molecule has 0 radical (unpaired) electrons. The van der Waals surface area contributed by atoms with Gasteiger partial charge in [0, 0.05) is 38.6 Å². The molecule has 2 aliphatic rings. The maximum Gasteiger partial charge on any atom is 0.0783 e. The zero-order chi connectivity index (χ0) is 40.9. The van der Waals surface area contributed by atoms with Crippen molar-refractivity contribution in [1.29, 1.82) is 0 Å². The Morgan fingerprint density at radius 2 is 1.11 bits per heavy atom. The number of nitrogens with one attached hydrogen (secondary N) is 1. The van der Waals surface area contributed by atoms with Crippen molar-refractivity contribution in [2.75, 3.05) is 5.32 Å². The average Bonchev–Trinajstić information content (AvgIpc) is 3.83. The summed E-state index contributed by atoms with van der Waals surface area (Å²) in [5.41, 5.74) is 20.9. The molecule has 62 heavy (non-hydrogen) atoms. The summed E-state index contributed by atoms with van der Waals surface area (Å²) in [5.74, 6) is 0. The average molecular weight is 794 g/mol. The van der Waals surface area contributed by atoms with Crippen LogP contribution in [0.15, 0.2) is 200 Å². The molecule has 11 aromatic rings. The molecule has 1 spiro atoms. The lowest BCUT2D eigenvalue weighted by Crippen LogP contribution is -2.38. The molecule has 9 aromatic carbocycles. The van der Waals surface area contributed by atoms with Gasteiger partial charge in [-0.3, -0.25) is 0 Å². The molecule has 3 heteroatoms. The Bertz CT molecular complexity index is 3610. The number of para-hydroxylation sites is 5. The van der Waals surface area contributed by atoms with Crippen LogP contribution in [0.5, 0.6) is 0 Å². The van der Waals surface area contributed by atoms with Crippen molar-refractivity contribution in [3.63, 3.8) is 0 Å². The van der Waals surface area contributed by atoms with E-state index in [1.807, 2.05) is 0 Å². The molecular formula is C59H43N3. The molecule has 1 atom stereocenters. The minimum Gasteiger partial charge on any atom is -0.355 e. The first-order valence-corrected chi connectivity index (χ1v) is 22.0. The highest BCUT2D eigenvalue weighted by atomic mass is 15.0. The second kappa shape index (κ2) is 13.4. The molecule has 0 amide bonds. The van der Waals surface area contributed by atoms with Crippen LogP contribution < -0.4 is 5.32 Å². The number of aromatic nitrogens is 2. The van der Waals surface area contributed by atoms with Crippen LogP contribution in [0.4, 0.5) is 11.4 Å². The second-order valence-electron chi connectivity index (χ2n) is 17.3. The number of hydrogen-bond acceptors (Lipinski definition) is 1. The van der Waals surface area contributed by atoms with Gasteiger partial charge < -0.3 is 14.5 Å². The van der Waals surface area contributed by atoms with Crippen LogP contribution in [0.1, 0.15) is 45.4 Å². The van der Waals surface area contributed by atoms with Crippen molar-refractivity contribution in [3.8, 4) is 22.5 Å². The predicted octanol–water partition coefficient (Wildman–Crippen LogP) is 14.8. The van der Waals surface area contributed by atoms with Crippen LogP contribution in [-0.4, -0.2) is 9.13 Å². The van der Waals surface area contributed by atoms with Gasteiger partial charge in [0.1, 0.15) is 0 Å². The van der Waals surface area contributed by atoms with E-state index in [1.54, 1.807) is 0 Å². The minimum atomic E-state index is -0.593. The van der Waals surface area contributed by atoms with E-state index in [0.717, 1.165) is 30.6 Å². The van der Waals surface area contributed by atoms with Crippen LogP contribution in [0.25, 0.3) is 66.1 Å². The van der Waals surface area contributed by atoms with Gasteiger partial charge in [0.2, 0.25) is 0 Å². The number of nitrogens with zero attached hydrogens (tertiary/aromatic N) is 2. The highest BCUT2D eigenvalue weighted by Crippen LogP contribution is 2.60. The summed E-state index contributed by atoms with van der Waals surface area (Å²) in [7, 11) is 0. The molecule has 2 aliphatic heterocycles. The first kappa shape index (κ1) is 35.2. The monoisotopic (exact) mass is 793 g/mol. The third-order valence-electron chi connectivity index (χ3n) is 14.0. The van der Waals surface area contributed by atoms with Crippen molar-refractivity contribution in [2.45, 2.75) is 31.6 Å². The van der Waals surface area contributed by atoms with Gasteiger partial charge in [-0.2, -0.15) is 0 Å². The Morgan fingerprint density at radius 3 is 1.97 bits per heavy atom. The van der Waals surface area contributed by atoms with Gasteiger partial charge >= 0.3 is 0 Å². The Balaban J connectivity index is 1.10. The molecule has 1 N–H and O–H groups in total. The molecule has 294 valence electrons. The topological polar surface area (TPSA) is 21.9 Å². The molecule has 0 bridgehead atoms. The lowest BCUT2D eigenvalue weighted by molar-refractivity contribution is 0.724. The summed E-state index contributed by atoms with van der Waals surface area (Å²) in [6.45, 7) is 2.23. The first-order chi connectivity index (χ1) is 30.7. The van der Waals surface area contributed by atoms with Crippen molar-refractivity contribution < 1.29 is 0 Å². The van der Waals surface area contributed by atoms with Gasteiger partial charge in [0.15, 0.2) is 0 Å². The quantitative estimate of drug-likeness (QED) is 0.178. The first-order valence-electron chi connectivity index (χ1n) is 22.0. The molecule has 0 aliphatic carbocycles. The molecule has 0 saturated heterocycles. The molecule has 0 fully saturated rings. The van der Waals surface area contributed by atoms with Crippen LogP contribution in [0, 0.1) is 6.92 Å². The number of aryl methyl sites for hydroxylation is 3. The lowest BCUT2D eigenvalue weighted by Gasteiger charge is -2.45. The number of rotatable bonds is 6. The molecule has 3 nitrogen and oxygen atoms in total. The number of hydrogen-bond donors (Lipinski definition) is 1. The third kappa shape index (κ3) is 4.88. The van der Waals surface area contributed by atoms with Gasteiger partial charge in [0.25, 0.3) is 0 Å². The highest BCUT2D eigenvalue weighted by molar-refractivity contribution is 6.14. The molecular weight excluding hydrogens is 751 g/mol. The van der Waals surface area contributed by atoms with Gasteiger partial charge in [-0.15, -0.1) is 0 Å². The van der Waals surface area contributed by atoms with Crippen molar-refractivity contribution >= 4 is 55.0 Å².